The molecule has 0 saturated carbocycles. The van der Waals surface area contributed by atoms with E-state index < -0.39 is 0 Å². The minimum absolute atomic E-state index is 0.0357. The van der Waals surface area contributed by atoms with Gasteiger partial charge in [-0.1, -0.05) is 0 Å². The molecular formula is C22H28N6O3. The molecule has 1 fully saturated rings. The molecule has 0 N–H and O–H groups in total. The predicted molar refractivity (Wildman–Crippen MR) is 118 cm³/mol. The van der Waals surface area contributed by atoms with Crippen molar-refractivity contribution in [2.75, 3.05) is 39.3 Å². The monoisotopic (exact) mass is 424 g/mol. The summed E-state index contributed by atoms with van der Waals surface area (Å²) in [5.74, 6) is 2.13. The van der Waals surface area contributed by atoms with E-state index in [1.54, 1.807) is 25.2 Å². The molecule has 0 radical (unpaired) electrons. The van der Waals surface area contributed by atoms with Crippen LogP contribution >= 0.6 is 0 Å². The SMILES string of the molecule is COc1cc2ncnc(N3CCC(N(C)C(=O)c4cc(C)n(C)n4)CC3)c2cc1OC. The van der Waals surface area contributed by atoms with Gasteiger partial charge in [-0.25, -0.2) is 9.97 Å². The highest BCUT2D eigenvalue weighted by molar-refractivity contribution is 5.93. The van der Waals surface area contributed by atoms with Gasteiger partial charge >= 0.3 is 0 Å². The van der Waals surface area contributed by atoms with Crippen molar-refractivity contribution in [3.63, 3.8) is 0 Å². The van der Waals surface area contributed by atoms with Crippen LogP contribution in [0.15, 0.2) is 24.5 Å². The van der Waals surface area contributed by atoms with Crippen LogP contribution in [0.4, 0.5) is 5.82 Å². The number of hydrogen-bond acceptors (Lipinski definition) is 7. The standard InChI is InChI=1S/C22H28N6O3/c1-14-10-18(25-27(14)3)22(29)26(2)15-6-8-28(9-7-15)21-16-11-19(30-4)20(31-5)12-17(16)23-13-24-21/h10-13,15H,6-9H2,1-5H3. The number of ether oxygens (including phenoxy) is 2. The number of carbonyl (C=O) groups is 1. The Morgan fingerprint density at radius 1 is 1.10 bits per heavy atom. The third kappa shape index (κ3) is 3.87. The van der Waals surface area contributed by atoms with Crippen molar-refractivity contribution in [3.05, 3.63) is 35.9 Å². The Morgan fingerprint density at radius 3 is 2.39 bits per heavy atom. The Kier molecular flexibility index (Phi) is 5.67. The van der Waals surface area contributed by atoms with Gasteiger partial charge in [0.25, 0.3) is 5.91 Å². The maximum Gasteiger partial charge on any atom is 0.274 e. The molecule has 0 unspecified atom stereocenters. The first kappa shape index (κ1) is 20.9. The van der Waals surface area contributed by atoms with E-state index in [9.17, 15) is 4.79 Å². The number of aromatic nitrogens is 4. The van der Waals surface area contributed by atoms with Gasteiger partial charge in [0, 0.05) is 50.4 Å². The van der Waals surface area contributed by atoms with Gasteiger partial charge in [-0.3, -0.25) is 9.48 Å². The molecule has 9 heteroatoms. The van der Waals surface area contributed by atoms with Crippen molar-refractivity contribution in [3.8, 4) is 11.5 Å². The van der Waals surface area contributed by atoms with E-state index in [0.717, 1.165) is 48.3 Å². The Bertz CT molecular complexity index is 1080. The number of piperidine rings is 1. The zero-order valence-corrected chi connectivity index (χ0v) is 18.6. The van der Waals surface area contributed by atoms with Crippen LogP contribution in [0.5, 0.6) is 11.5 Å². The van der Waals surface area contributed by atoms with Crippen LogP contribution in [0, 0.1) is 6.92 Å². The summed E-state index contributed by atoms with van der Waals surface area (Å²) in [5, 5.41) is 5.25. The van der Waals surface area contributed by atoms with Crippen molar-refractivity contribution >= 4 is 22.6 Å². The highest BCUT2D eigenvalue weighted by atomic mass is 16.5. The quantitative estimate of drug-likeness (QED) is 0.622. The minimum atomic E-state index is -0.0357. The van der Waals surface area contributed by atoms with Gasteiger partial charge in [0.15, 0.2) is 17.2 Å². The highest BCUT2D eigenvalue weighted by Gasteiger charge is 2.28. The van der Waals surface area contributed by atoms with Crippen molar-refractivity contribution in [1.29, 1.82) is 0 Å². The minimum Gasteiger partial charge on any atom is -0.493 e. The molecule has 1 amide bonds. The third-order valence-electron chi connectivity index (χ3n) is 6.08. The van der Waals surface area contributed by atoms with E-state index in [1.165, 1.54) is 0 Å². The number of rotatable bonds is 5. The van der Waals surface area contributed by atoms with Crippen LogP contribution < -0.4 is 14.4 Å². The van der Waals surface area contributed by atoms with Crippen LogP contribution in [0.1, 0.15) is 29.0 Å². The fourth-order valence-electron chi connectivity index (χ4n) is 4.10. The number of fused-ring (bicyclic) bond motifs is 1. The molecule has 31 heavy (non-hydrogen) atoms. The number of methoxy groups -OCH3 is 2. The molecule has 1 aromatic carbocycles. The van der Waals surface area contributed by atoms with Gasteiger partial charge in [-0.05, 0) is 31.9 Å². The van der Waals surface area contributed by atoms with Gasteiger partial charge < -0.3 is 19.3 Å². The Hall–Kier alpha value is -3.36. The summed E-state index contributed by atoms with van der Waals surface area (Å²) in [6.45, 7) is 3.53. The smallest absolute Gasteiger partial charge is 0.274 e. The molecule has 3 aromatic rings. The lowest BCUT2D eigenvalue weighted by Crippen LogP contribution is -2.46. The molecule has 4 rings (SSSR count). The van der Waals surface area contributed by atoms with E-state index in [2.05, 4.69) is 20.0 Å². The average Bonchev–Trinajstić information content (AvgIpc) is 3.14. The number of aryl methyl sites for hydroxylation is 2. The Balaban J connectivity index is 1.51. The van der Waals surface area contributed by atoms with Crippen molar-refractivity contribution in [1.82, 2.24) is 24.6 Å². The number of nitrogens with zero attached hydrogens (tertiary/aromatic N) is 6. The summed E-state index contributed by atoms with van der Waals surface area (Å²) < 4.78 is 12.6. The summed E-state index contributed by atoms with van der Waals surface area (Å²) in [7, 11) is 6.94. The summed E-state index contributed by atoms with van der Waals surface area (Å²) in [6, 6.07) is 5.79. The maximum atomic E-state index is 12.9. The fourth-order valence-corrected chi connectivity index (χ4v) is 4.10. The van der Waals surface area contributed by atoms with E-state index >= 15 is 0 Å². The zero-order chi connectivity index (χ0) is 22.1. The molecule has 9 nitrogen and oxygen atoms in total. The lowest BCUT2D eigenvalue weighted by molar-refractivity contribution is 0.0702. The zero-order valence-electron chi connectivity index (χ0n) is 18.6. The lowest BCUT2D eigenvalue weighted by atomic mass is 10.0. The van der Waals surface area contributed by atoms with Gasteiger partial charge in [-0.15, -0.1) is 0 Å². The molecule has 1 aliphatic heterocycles. The number of amides is 1. The Morgan fingerprint density at radius 2 is 1.77 bits per heavy atom. The highest BCUT2D eigenvalue weighted by Crippen LogP contribution is 2.35. The molecule has 2 aromatic heterocycles. The van der Waals surface area contributed by atoms with Crippen LogP contribution in [0.3, 0.4) is 0 Å². The number of benzene rings is 1. The number of hydrogen-bond donors (Lipinski definition) is 0. The third-order valence-corrected chi connectivity index (χ3v) is 6.08. The molecule has 1 saturated heterocycles. The van der Waals surface area contributed by atoms with Gasteiger partial charge in [0.1, 0.15) is 12.1 Å². The van der Waals surface area contributed by atoms with Gasteiger partial charge in [0.05, 0.1) is 19.7 Å². The number of anilines is 1. The average molecular weight is 425 g/mol. The normalized spacial score (nSPS) is 14.7. The van der Waals surface area contributed by atoms with E-state index in [-0.39, 0.29) is 11.9 Å². The van der Waals surface area contributed by atoms with Crippen LogP contribution in [0.25, 0.3) is 10.9 Å². The van der Waals surface area contributed by atoms with Gasteiger partial charge in [-0.2, -0.15) is 5.10 Å². The second kappa shape index (κ2) is 8.41. The van der Waals surface area contributed by atoms with E-state index in [1.807, 2.05) is 44.1 Å². The van der Waals surface area contributed by atoms with E-state index in [4.69, 9.17) is 9.47 Å². The second-order valence-corrected chi connectivity index (χ2v) is 7.85. The Labute approximate surface area is 181 Å². The molecule has 0 atom stereocenters. The predicted octanol–water partition coefficient (Wildman–Crippen LogP) is 2.43. The molecule has 0 bridgehead atoms. The first-order valence-corrected chi connectivity index (χ1v) is 10.3. The molecular weight excluding hydrogens is 396 g/mol. The summed E-state index contributed by atoms with van der Waals surface area (Å²) in [4.78, 5) is 25.9. The van der Waals surface area contributed by atoms with Crippen molar-refractivity contribution in [2.45, 2.75) is 25.8 Å². The second-order valence-electron chi connectivity index (χ2n) is 7.85. The summed E-state index contributed by atoms with van der Waals surface area (Å²) in [5.41, 5.74) is 2.27. The first-order valence-electron chi connectivity index (χ1n) is 10.3. The van der Waals surface area contributed by atoms with Crippen LogP contribution in [0.2, 0.25) is 0 Å². The fraction of sp³-hybridized carbons (Fsp3) is 0.455. The van der Waals surface area contributed by atoms with Crippen LogP contribution in [-0.2, 0) is 7.05 Å². The lowest BCUT2D eigenvalue weighted by Gasteiger charge is -2.37. The van der Waals surface area contributed by atoms with Crippen LogP contribution in [-0.4, -0.2) is 71.0 Å². The maximum absolute atomic E-state index is 12.9. The van der Waals surface area contributed by atoms with Gasteiger partial charge in [0.2, 0.25) is 0 Å². The van der Waals surface area contributed by atoms with Crippen molar-refractivity contribution < 1.29 is 14.3 Å². The van der Waals surface area contributed by atoms with E-state index in [0.29, 0.717) is 17.2 Å². The first-order chi connectivity index (χ1) is 14.9. The molecule has 1 aliphatic rings. The number of carbonyl (C=O) groups excluding carboxylic acids is 1. The molecule has 0 aliphatic carbocycles. The topological polar surface area (TPSA) is 85.6 Å². The molecule has 3 heterocycles. The molecule has 0 spiro atoms. The summed E-state index contributed by atoms with van der Waals surface area (Å²) in [6.07, 6.45) is 3.29. The summed E-state index contributed by atoms with van der Waals surface area (Å²) >= 11 is 0. The largest absolute Gasteiger partial charge is 0.493 e. The van der Waals surface area contributed by atoms with Crippen molar-refractivity contribution in [2.24, 2.45) is 7.05 Å². The molecule has 164 valence electrons.